The second kappa shape index (κ2) is 10.3. The summed E-state index contributed by atoms with van der Waals surface area (Å²) in [5, 5.41) is 15.9. The Kier molecular flexibility index (Phi) is 8.45. The largest absolute Gasteiger partial charge is 0.456 e. The average Bonchev–Trinajstić information content (AvgIpc) is 2.59. The number of nitrogens with one attached hydrogen (secondary N) is 2. The van der Waals surface area contributed by atoms with Gasteiger partial charge in [0.1, 0.15) is 5.69 Å². The Morgan fingerprint density at radius 1 is 1.26 bits per heavy atom. The molecule has 27 heavy (non-hydrogen) atoms. The van der Waals surface area contributed by atoms with Crippen molar-refractivity contribution in [3.8, 4) is 0 Å². The SMILES string of the molecule is COCCNC(=O)COC(=O)CCNc1ccc(C(F)(F)F)cc1[N+](=O)[O-]. The van der Waals surface area contributed by atoms with Crippen LogP contribution in [0, 0.1) is 10.1 Å². The van der Waals surface area contributed by atoms with Crippen LogP contribution < -0.4 is 10.6 Å². The van der Waals surface area contributed by atoms with Gasteiger partial charge in [0, 0.05) is 26.3 Å². The number of ether oxygens (including phenoxy) is 2. The fraction of sp³-hybridized carbons (Fsp3) is 0.467. The summed E-state index contributed by atoms with van der Waals surface area (Å²) in [6.07, 6.45) is -4.96. The van der Waals surface area contributed by atoms with E-state index in [2.05, 4.69) is 10.6 Å². The summed E-state index contributed by atoms with van der Waals surface area (Å²) >= 11 is 0. The number of anilines is 1. The first kappa shape index (κ1) is 22.2. The van der Waals surface area contributed by atoms with Gasteiger partial charge in [-0.1, -0.05) is 0 Å². The minimum absolute atomic E-state index is 0.129. The maximum atomic E-state index is 12.6. The van der Waals surface area contributed by atoms with Gasteiger partial charge in [-0.05, 0) is 12.1 Å². The van der Waals surface area contributed by atoms with Gasteiger partial charge in [0.25, 0.3) is 11.6 Å². The van der Waals surface area contributed by atoms with E-state index >= 15 is 0 Å². The summed E-state index contributed by atoms with van der Waals surface area (Å²) in [4.78, 5) is 32.8. The molecule has 1 amide bonds. The normalized spacial score (nSPS) is 11.0. The van der Waals surface area contributed by atoms with Gasteiger partial charge in [-0.2, -0.15) is 13.2 Å². The van der Waals surface area contributed by atoms with Crippen molar-refractivity contribution < 1.29 is 37.2 Å². The van der Waals surface area contributed by atoms with E-state index in [1.54, 1.807) is 0 Å². The van der Waals surface area contributed by atoms with Crippen molar-refractivity contribution in [3.05, 3.63) is 33.9 Å². The molecule has 0 bridgehead atoms. The number of nitro groups is 1. The first-order valence-electron chi connectivity index (χ1n) is 7.66. The molecule has 2 N–H and O–H groups in total. The Morgan fingerprint density at radius 2 is 1.96 bits per heavy atom. The summed E-state index contributed by atoms with van der Waals surface area (Å²) < 4.78 is 47.3. The van der Waals surface area contributed by atoms with Gasteiger partial charge < -0.3 is 20.1 Å². The number of esters is 1. The molecule has 0 aliphatic heterocycles. The van der Waals surface area contributed by atoms with Crippen molar-refractivity contribution in [1.29, 1.82) is 0 Å². The van der Waals surface area contributed by atoms with Crippen LogP contribution in [0.2, 0.25) is 0 Å². The number of alkyl halides is 3. The number of halogens is 3. The Bertz CT molecular complexity index is 681. The summed E-state index contributed by atoms with van der Waals surface area (Å²) in [7, 11) is 1.46. The van der Waals surface area contributed by atoms with Gasteiger partial charge in [-0.3, -0.25) is 19.7 Å². The van der Waals surface area contributed by atoms with Crippen LogP contribution in [0.5, 0.6) is 0 Å². The molecule has 9 nitrogen and oxygen atoms in total. The highest BCUT2D eigenvalue weighted by atomic mass is 19.4. The highest BCUT2D eigenvalue weighted by Crippen LogP contribution is 2.34. The Balaban J connectivity index is 2.50. The Hall–Kier alpha value is -2.89. The van der Waals surface area contributed by atoms with Crippen LogP contribution in [0.1, 0.15) is 12.0 Å². The van der Waals surface area contributed by atoms with E-state index in [0.717, 1.165) is 6.07 Å². The molecule has 12 heteroatoms. The van der Waals surface area contributed by atoms with Crippen LogP contribution in [0.15, 0.2) is 18.2 Å². The third-order valence-electron chi connectivity index (χ3n) is 3.16. The molecule has 1 aromatic rings. The number of carbonyl (C=O) groups is 2. The zero-order chi connectivity index (χ0) is 20.4. The Morgan fingerprint density at radius 3 is 2.56 bits per heavy atom. The number of nitrogens with zero attached hydrogens (tertiary/aromatic N) is 1. The molecule has 1 aromatic carbocycles. The van der Waals surface area contributed by atoms with Crippen LogP contribution in [-0.2, 0) is 25.2 Å². The molecule has 0 aliphatic rings. The number of methoxy groups -OCH3 is 1. The van der Waals surface area contributed by atoms with Crippen LogP contribution in [-0.4, -0.2) is 50.2 Å². The van der Waals surface area contributed by atoms with Crippen molar-refractivity contribution in [2.24, 2.45) is 0 Å². The van der Waals surface area contributed by atoms with Gasteiger partial charge >= 0.3 is 12.1 Å². The summed E-state index contributed by atoms with van der Waals surface area (Å²) in [5.41, 5.74) is -2.09. The second-order valence-corrected chi connectivity index (χ2v) is 5.17. The minimum Gasteiger partial charge on any atom is -0.456 e. The van der Waals surface area contributed by atoms with Crippen molar-refractivity contribution >= 4 is 23.3 Å². The lowest BCUT2D eigenvalue weighted by molar-refractivity contribution is -0.384. The van der Waals surface area contributed by atoms with Gasteiger partial charge in [0.2, 0.25) is 0 Å². The lowest BCUT2D eigenvalue weighted by Crippen LogP contribution is -2.31. The van der Waals surface area contributed by atoms with Gasteiger partial charge in [0.05, 0.1) is 23.5 Å². The predicted octanol–water partition coefficient (Wildman–Crippen LogP) is 1.72. The van der Waals surface area contributed by atoms with E-state index in [4.69, 9.17) is 9.47 Å². The topological polar surface area (TPSA) is 120 Å². The molecule has 0 spiro atoms. The van der Waals surface area contributed by atoms with Gasteiger partial charge in [-0.25, -0.2) is 0 Å². The van der Waals surface area contributed by atoms with Crippen LogP contribution in [0.4, 0.5) is 24.5 Å². The second-order valence-electron chi connectivity index (χ2n) is 5.17. The summed E-state index contributed by atoms with van der Waals surface area (Å²) in [5.74, 6) is -1.27. The minimum atomic E-state index is -4.71. The fourth-order valence-electron chi connectivity index (χ4n) is 1.87. The van der Waals surface area contributed by atoms with Crippen LogP contribution in [0.25, 0.3) is 0 Å². The van der Waals surface area contributed by atoms with Crippen LogP contribution in [0.3, 0.4) is 0 Å². The van der Waals surface area contributed by atoms with Gasteiger partial charge in [0.15, 0.2) is 6.61 Å². The molecule has 0 saturated heterocycles. The average molecular weight is 393 g/mol. The standard InChI is InChI=1S/C15H18F3N3O6/c1-26-7-6-20-13(22)9-27-14(23)4-5-19-11-3-2-10(15(16,17)18)8-12(11)21(24)25/h2-3,8,19H,4-7,9H2,1H3,(H,20,22). The Labute approximate surface area is 152 Å². The number of carbonyl (C=O) groups excluding carboxylic acids is 2. The molecular weight excluding hydrogens is 375 g/mol. The third kappa shape index (κ3) is 7.90. The number of benzene rings is 1. The van der Waals surface area contributed by atoms with E-state index in [0.29, 0.717) is 18.7 Å². The molecule has 0 heterocycles. The van der Waals surface area contributed by atoms with Crippen molar-refractivity contribution in [2.45, 2.75) is 12.6 Å². The molecule has 0 aliphatic carbocycles. The van der Waals surface area contributed by atoms with Crippen molar-refractivity contribution in [3.63, 3.8) is 0 Å². The van der Waals surface area contributed by atoms with E-state index in [-0.39, 0.29) is 25.2 Å². The number of nitro benzene ring substituents is 1. The fourth-order valence-corrected chi connectivity index (χ4v) is 1.87. The highest BCUT2D eigenvalue weighted by Gasteiger charge is 2.33. The lowest BCUT2D eigenvalue weighted by Gasteiger charge is -2.10. The van der Waals surface area contributed by atoms with E-state index in [1.807, 2.05) is 0 Å². The molecular formula is C15H18F3N3O6. The smallest absolute Gasteiger partial charge is 0.416 e. The molecule has 0 atom stereocenters. The van der Waals surface area contributed by atoms with E-state index in [9.17, 15) is 32.9 Å². The third-order valence-corrected chi connectivity index (χ3v) is 3.16. The molecule has 0 unspecified atom stereocenters. The monoisotopic (exact) mass is 393 g/mol. The summed E-state index contributed by atoms with van der Waals surface area (Å²) in [6.45, 7) is -0.0686. The maximum Gasteiger partial charge on any atom is 0.416 e. The molecule has 0 fully saturated rings. The molecule has 0 aromatic heterocycles. The number of hydrogen-bond donors (Lipinski definition) is 2. The molecule has 1 rings (SSSR count). The number of rotatable bonds is 10. The number of amides is 1. The quantitative estimate of drug-likeness (QED) is 0.269. The zero-order valence-corrected chi connectivity index (χ0v) is 14.3. The zero-order valence-electron chi connectivity index (χ0n) is 14.3. The summed E-state index contributed by atoms with van der Waals surface area (Å²) in [6, 6.07) is 2.01. The van der Waals surface area contributed by atoms with Crippen molar-refractivity contribution in [2.75, 3.05) is 38.7 Å². The molecule has 150 valence electrons. The van der Waals surface area contributed by atoms with E-state index < -0.39 is 40.8 Å². The van der Waals surface area contributed by atoms with Crippen LogP contribution >= 0.6 is 0 Å². The first-order chi connectivity index (χ1) is 12.6. The number of hydrogen-bond acceptors (Lipinski definition) is 7. The predicted molar refractivity (Wildman–Crippen MR) is 87.0 cm³/mol. The lowest BCUT2D eigenvalue weighted by atomic mass is 10.1. The van der Waals surface area contributed by atoms with E-state index in [1.165, 1.54) is 7.11 Å². The molecule has 0 saturated carbocycles. The highest BCUT2D eigenvalue weighted by molar-refractivity contribution is 5.80. The van der Waals surface area contributed by atoms with Crippen molar-refractivity contribution in [1.82, 2.24) is 5.32 Å². The first-order valence-corrected chi connectivity index (χ1v) is 7.66. The molecule has 0 radical (unpaired) electrons. The maximum absolute atomic E-state index is 12.6. The van der Waals surface area contributed by atoms with Gasteiger partial charge in [-0.15, -0.1) is 0 Å².